The highest BCUT2D eigenvalue weighted by molar-refractivity contribution is 5.12. The van der Waals surface area contributed by atoms with E-state index >= 15 is 0 Å². The van der Waals surface area contributed by atoms with Crippen LogP contribution in [0.15, 0.2) is 24.5 Å². The van der Waals surface area contributed by atoms with Crippen LogP contribution in [0.1, 0.15) is 44.2 Å². The van der Waals surface area contributed by atoms with Crippen molar-refractivity contribution in [3.8, 4) is 0 Å². The Morgan fingerprint density at radius 3 is 2.93 bits per heavy atom. The van der Waals surface area contributed by atoms with Gasteiger partial charge in [0.25, 0.3) is 0 Å². The molecule has 0 spiro atoms. The van der Waals surface area contributed by atoms with Gasteiger partial charge in [-0.3, -0.25) is 9.82 Å². The molecule has 1 aliphatic rings. The zero-order valence-corrected chi connectivity index (χ0v) is 9.15. The van der Waals surface area contributed by atoms with E-state index in [-0.39, 0.29) is 6.04 Å². The molecule has 15 heavy (non-hydrogen) atoms. The smallest absolute Gasteiger partial charge is 0.0790 e. The van der Waals surface area contributed by atoms with Crippen LogP contribution in [0, 0.1) is 0 Å². The van der Waals surface area contributed by atoms with Gasteiger partial charge in [-0.2, -0.15) is 5.48 Å². The second kappa shape index (κ2) is 5.24. The van der Waals surface area contributed by atoms with Crippen LogP contribution >= 0.6 is 0 Å². The topological polar surface area (TPSA) is 34.1 Å². The minimum atomic E-state index is 0.208. The number of aromatic nitrogens is 1. The molecule has 82 valence electrons. The molecule has 1 N–H and O–H groups in total. The highest BCUT2D eigenvalue weighted by Crippen LogP contribution is 2.21. The Morgan fingerprint density at radius 1 is 1.47 bits per heavy atom. The maximum Gasteiger partial charge on any atom is 0.0790 e. The summed E-state index contributed by atoms with van der Waals surface area (Å²) in [5.41, 5.74) is 4.26. The van der Waals surface area contributed by atoms with Gasteiger partial charge >= 0.3 is 0 Å². The second-order valence-electron chi connectivity index (χ2n) is 4.15. The number of nitrogens with zero attached hydrogens (tertiary/aromatic N) is 1. The van der Waals surface area contributed by atoms with E-state index in [9.17, 15) is 0 Å². The van der Waals surface area contributed by atoms with Crippen molar-refractivity contribution in [2.24, 2.45) is 0 Å². The first-order valence-electron chi connectivity index (χ1n) is 5.67. The summed E-state index contributed by atoms with van der Waals surface area (Å²) in [7, 11) is 0. The Hall–Kier alpha value is -0.930. The molecule has 1 heterocycles. The molecule has 1 atom stereocenters. The van der Waals surface area contributed by atoms with E-state index in [4.69, 9.17) is 4.84 Å². The molecule has 1 unspecified atom stereocenters. The summed E-state index contributed by atoms with van der Waals surface area (Å²) < 4.78 is 0. The lowest BCUT2D eigenvalue weighted by Crippen LogP contribution is -2.24. The molecule has 3 nitrogen and oxygen atoms in total. The van der Waals surface area contributed by atoms with Gasteiger partial charge < -0.3 is 0 Å². The van der Waals surface area contributed by atoms with E-state index in [2.05, 4.69) is 23.5 Å². The van der Waals surface area contributed by atoms with Crippen LogP contribution < -0.4 is 5.48 Å². The van der Waals surface area contributed by atoms with Crippen molar-refractivity contribution < 1.29 is 4.84 Å². The van der Waals surface area contributed by atoms with Crippen molar-refractivity contribution >= 4 is 0 Å². The van der Waals surface area contributed by atoms with Crippen LogP contribution in [0.3, 0.4) is 0 Å². The Bertz CT molecular complexity index is 283. The summed E-state index contributed by atoms with van der Waals surface area (Å²) in [4.78, 5) is 9.73. The van der Waals surface area contributed by atoms with Gasteiger partial charge in [0.1, 0.15) is 0 Å². The predicted molar refractivity (Wildman–Crippen MR) is 59.1 cm³/mol. The third-order valence-corrected chi connectivity index (χ3v) is 2.90. The fourth-order valence-corrected chi connectivity index (χ4v) is 1.90. The lowest BCUT2D eigenvalue weighted by Gasteiger charge is -2.17. The maximum atomic E-state index is 5.64. The van der Waals surface area contributed by atoms with Gasteiger partial charge in [-0.25, -0.2) is 0 Å². The molecular weight excluding hydrogens is 188 g/mol. The molecule has 0 amide bonds. The summed E-state index contributed by atoms with van der Waals surface area (Å²) in [6.45, 7) is 2.09. The molecule has 0 aromatic carbocycles. The average Bonchev–Trinajstić information content (AvgIpc) is 2.80. The van der Waals surface area contributed by atoms with E-state index in [1.807, 2.05) is 12.3 Å². The van der Waals surface area contributed by atoms with Crippen molar-refractivity contribution in [3.63, 3.8) is 0 Å². The number of rotatable bonds is 4. The second-order valence-corrected chi connectivity index (χ2v) is 4.15. The molecule has 0 radical (unpaired) electrons. The molecule has 0 saturated heterocycles. The van der Waals surface area contributed by atoms with Crippen molar-refractivity contribution in [1.29, 1.82) is 0 Å². The van der Waals surface area contributed by atoms with Crippen LogP contribution in [0.25, 0.3) is 0 Å². The zero-order valence-electron chi connectivity index (χ0n) is 9.15. The van der Waals surface area contributed by atoms with Gasteiger partial charge in [0.05, 0.1) is 12.1 Å². The molecule has 1 saturated carbocycles. The van der Waals surface area contributed by atoms with E-state index in [1.54, 1.807) is 6.20 Å². The highest BCUT2D eigenvalue weighted by Gasteiger charge is 2.16. The minimum absolute atomic E-state index is 0.208. The van der Waals surface area contributed by atoms with Gasteiger partial charge in [-0.15, -0.1) is 0 Å². The van der Waals surface area contributed by atoms with Crippen LogP contribution in [0.4, 0.5) is 0 Å². The van der Waals surface area contributed by atoms with Gasteiger partial charge in [-0.05, 0) is 31.4 Å². The fourth-order valence-electron chi connectivity index (χ4n) is 1.90. The van der Waals surface area contributed by atoms with E-state index < -0.39 is 0 Å². The van der Waals surface area contributed by atoms with Crippen LogP contribution in [-0.2, 0) is 4.84 Å². The molecule has 2 rings (SSSR count). The Morgan fingerprint density at radius 2 is 2.27 bits per heavy atom. The molecule has 1 aromatic heterocycles. The largest absolute Gasteiger partial charge is 0.298 e. The SMILES string of the molecule is CC(NOC1CCCC1)c1cccnc1. The number of hydroxylamine groups is 1. The van der Waals surface area contributed by atoms with Crippen molar-refractivity contribution in [2.75, 3.05) is 0 Å². The average molecular weight is 206 g/mol. The highest BCUT2D eigenvalue weighted by atomic mass is 16.7. The van der Waals surface area contributed by atoms with Gasteiger partial charge in [0.15, 0.2) is 0 Å². The summed E-state index contributed by atoms with van der Waals surface area (Å²) in [5.74, 6) is 0. The first-order valence-corrected chi connectivity index (χ1v) is 5.67. The molecule has 1 aliphatic carbocycles. The summed E-state index contributed by atoms with van der Waals surface area (Å²) in [6, 6.07) is 4.21. The number of hydrogen-bond donors (Lipinski definition) is 1. The molecule has 3 heteroatoms. The summed E-state index contributed by atoms with van der Waals surface area (Å²) >= 11 is 0. The first kappa shape index (κ1) is 10.6. The van der Waals surface area contributed by atoms with Gasteiger partial charge in [-0.1, -0.05) is 18.9 Å². The Balaban J connectivity index is 1.79. The third-order valence-electron chi connectivity index (χ3n) is 2.90. The van der Waals surface area contributed by atoms with Crippen LogP contribution in [-0.4, -0.2) is 11.1 Å². The van der Waals surface area contributed by atoms with E-state index in [1.165, 1.54) is 25.7 Å². The van der Waals surface area contributed by atoms with Gasteiger partial charge in [0, 0.05) is 12.4 Å². The van der Waals surface area contributed by atoms with Crippen LogP contribution in [0.2, 0.25) is 0 Å². The monoisotopic (exact) mass is 206 g/mol. The van der Waals surface area contributed by atoms with E-state index in [0.717, 1.165) is 5.56 Å². The molecule has 1 aromatic rings. The molecule has 0 bridgehead atoms. The fraction of sp³-hybridized carbons (Fsp3) is 0.583. The lowest BCUT2D eigenvalue weighted by molar-refractivity contribution is -0.0377. The summed E-state index contributed by atoms with van der Waals surface area (Å²) in [6.07, 6.45) is 9.04. The lowest BCUT2D eigenvalue weighted by atomic mass is 10.2. The van der Waals surface area contributed by atoms with Crippen molar-refractivity contribution in [3.05, 3.63) is 30.1 Å². The minimum Gasteiger partial charge on any atom is -0.298 e. The predicted octanol–water partition coefficient (Wildman–Crippen LogP) is 2.61. The summed E-state index contributed by atoms with van der Waals surface area (Å²) in [5, 5.41) is 0. The quantitative estimate of drug-likeness (QED) is 0.769. The zero-order chi connectivity index (χ0) is 10.5. The maximum absolute atomic E-state index is 5.64. The first-order chi connectivity index (χ1) is 7.36. The molecular formula is C12H18N2O. The number of pyridine rings is 1. The van der Waals surface area contributed by atoms with Crippen LogP contribution in [0.5, 0.6) is 0 Å². The Labute approximate surface area is 90.8 Å². The van der Waals surface area contributed by atoms with Crippen molar-refractivity contribution in [2.45, 2.75) is 44.8 Å². The molecule has 0 aliphatic heterocycles. The number of hydrogen-bond acceptors (Lipinski definition) is 3. The van der Waals surface area contributed by atoms with E-state index in [0.29, 0.717) is 6.10 Å². The van der Waals surface area contributed by atoms with Gasteiger partial charge in [0.2, 0.25) is 0 Å². The third kappa shape index (κ3) is 3.01. The normalized spacial score (nSPS) is 19.3. The standard InChI is InChI=1S/C12H18N2O/c1-10(11-5-4-8-13-9-11)14-15-12-6-2-3-7-12/h4-5,8-10,12,14H,2-3,6-7H2,1H3. The molecule has 1 fully saturated rings. The Kier molecular flexibility index (Phi) is 3.69. The number of nitrogens with one attached hydrogen (secondary N) is 1. The van der Waals surface area contributed by atoms with Crippen molar-refractivity contribution in [1.82, 2.24) is 10.5 Å².